The minimum absolute atomic E-state index is 0.310. The molecule has 0 saturated carbocycles. The van der Waals surface area contributed by atoms with Crippen molar-refractivity contribution in [2.75, 3.05) is 5.01 Å². The quantitative estimate of drug-likeness (QED) is 0.637. The Morgan fingerprint density at radius 2 is 1.37 bits per heavy atom. The lowest BCUT2D eigenvalue weighted by molar-refractivity contribution is -0.137. The lowest BCUT2D eigenvalue weighted by Gasteiger charge is -2.26. The molecule has 1 N–H and O–H groups in total. The van der Waals surface area contributed by atoms with Gasteiger partial charge in [-0.2, -0.15) is 13.2 Å². The molecule has 0 heterocycles. The maximum atomic E-state index is 13.2. The maximum Gasteiger partial charge on any atom is 0.417 e. The van der Waals surface area contributed by atoms with Gasteiger partial charge in [-0.1, -0.05) is 60.7 Å². The molecule has 0 saturated heterocycles. The highest BCUT2D eigenvalue weighted by Gasteiger charge is 2.35. The predicted octanol–water partition coefficient (Wildman–Crippen LogP) is 5.06. The first-order valence-corrected chi connectivity index (χ1v) is 8.29. The van der Waals surface area contributed by atoms with Crippen molar-refractivity contribution in [2.45, 2.75) is 12.7 Å². The van der Waals surface area contributed by atoms with Crippen LogP contribution < -0.4 is 10.4 Å². The second-order valence-corrected chi connectivity index (χ2v) is 5.89. The minimum atomic E-state index is -4.61. The van der Waals surface area contributed by atoms with Gasteiger partial charge in [0, 0.05) is 0 Å². The number of amides is 1. The Balaban J connectivity index is 1.90. The van der Waals surface area contributed by atoms with Crippen LogP contribution in [0.1, 0.15) is 21.5 Å². The summed E-state index contributed by atoms with van der Waals surface area (Å²) in [5, 5.41) is 1.53. The van der Waals surface area contributed by atoms with Crippen LogP contribution in [-0.2, 0) is 12.7 Å². The number of rotatable bonds is 5. The van der Waals surface area contributed by atoms with E-state index >= 15 is 0 Å². The Hall–Kier alpha value is -3.28. The van der Waals surface area contributed by atoms with Gasteiger partial charge in [0.15, 0.2) is 0 Å². The molecule has 0 fully saturated rings. The number of hydrogen-bond donors (Lipinski definition) is 1. The molecule has 6 heteroatoms. The number of hydrogen-bond acceptors (Lipinski definition) is 2. The first-order chi connectivity index (χ1) is 12.9. The van der Waals surface area contributed by atoms with Crippen molar-refractivity contribution in [3.8, 4) is 0 Å². The summed E-state index contributed by atoms with van der Waals surface area (Å²) in [6.45, 7) is 0.310. The number of alkyl halides is 3. The Morgan fingerprint density at radius 1 is 0.815 bits per heavy atom. The van der Waals surface area contributed by atoms with E-state index in [1.807, 2.05) is 36.4 Å². The van der Waals surface area contributed by atoms with Crippen LogP contribution in [0.4, 0.5) is 18.9 Å². The molecule has 0 spiro atoms. The van der Waals surface area contributed by atoms with Gasteiger partial charge in [-0.05, 0) is 29.8 Å². The molecule has 1 amide bonds. The Morgan fingerprint density at radius 3 is 2.00 bits per heavy atom. The smallest absolute Gasteiger partial charge is 0.281 e. The highest BCUT2D eigenvalue weighted by Crippen LogP contribution is 2.32. The van der Waals surface area contributed by atoms with E-state index in [0.717, 1.165) is 11.6 Å². The number of para-hydroxylation sites is 1. The van der Waals surface area contributed by atoms with Crippen molar-refractivity contribution >= 4 is 11.6 Å². The summed E-state index contributed by atoms with van der Waals surface area (Å²) in [7, 11) is 0. The fourth-order valence-corrected chi connectivity index (χ4v) is 2.68. The van der Waals surface area contributed by atoms with Gasteiger partial charge in [-0.25, -0.2) is 0 Å². The molecular weight excluding hydrogens is 353 g/mol. The fraction of sp³-hybridized carbons (Fsp3) is 0.0952. The van der Waals surface area contributed by atoms with Gasteiger partial charge >= 0.3 is 6.18 Å². The van der Waals surface area contributed by atoms with Gasteiger partial charge in [0.1, 0.15) is 0 Å². The first kappa shape index (κ1) is 18.5. The molecule has 0 aliphatic heterocycles. The van der Waals surface area contributed by atoms with Crippen molar-refractivity contribution in [3.63, 3.8) is 0 Å². The zero-order valence-corrected chi connectivity index (χ0v) is 14.3. The van der Waals surface area contributed by atoms with Crippen LogP contribution in [0.15, 0.2) is 84.9 Å². The molecule has 3 rings (SSSR count). The largest absolute Gasteiger partial charge is 0.417 e. The fourth-order valence-electron chi connectivity index (χ4n) is 2.68. The minimum Gasteiger partial charge on any atom is -0.281 e. The van der Waals surface area contributed by atoms with E-state index in [9.17, 15) is 18.0 Å². The molecule has 0 unspecified atom stereocenters. The normalized spacial score (nSPS) is 11.1. The predicted molar refractivity (Wildman–Crippen MR) is 98.0 cm³/mol. The standard InChI is InChI=1S/C21H17F3N2O/c22-21(23,24)19-14-8-7-13-18(19)20(27)25-26(17-11-5-2-6-12-17)15-16-9-3-1-4-10-16/h1-14H,15H2,(H,25,27). The van der Waals surface area contributed by atoms with Crippen LogP contribution in [0.25, 0.3) is 0 Å². The van der Waals surface area contributed by atoms with Gasteiger partial charge in [0.2, 0.25) is 0 Å². The molecule has 0 aliphatic rings. The van der Waals surface area contributed by atoms with E-state index in [2.05, 4.69) is 5.43 Å². The van der Waals surface area contributed by atoms with Crippen LogP contribution in [0.5, 0.6) is 0 Å². The number of nitrogens with one attached hydrogen (secondary N) is 1. The molecule has 0 aromatic heterocycles. The summed E-state index contributed by atoms with van der Waals surface area (Å²) in [6, 6.07) is 23.1. The van der Waals surface area contributed by atoms with Crippen molar-refractivity contribution in [1.82, 2.24) is 5.43 Å². The van der Waals surface area contributed by atoms with Crippen LogP contribution in [0.3, 0.4) is 0 Å². The highest BCUT2D eigenvalue weighted by molar-refractivity contribution is 5.96. The lowest BCUT2D eigenvalue weighted by Crippen LogP contribution is -2.42. The number of anilines is 1. The van der Waals surface area contributed by atoms with Crippen LogP contribution in [0, 0.1) is 0 Å². The van der Waals surface area contributed by atoms with Gasteiger partial charge < -0.3 is 0 Å². The van der Waals surface area contributed by atoms with E-state index in [-0.39, 0.29) is 0 Å². The number of hydrazine groups is 1. The molecule has 3 aromatic rings. The van der Waals surface area contributed by atoms with E-state index in [1.54, 1.807) is 24.3 Å². The molecule has 0 aliphatic carbocycles. The molecule has 3 aromatic carbocycles. The summed E-state index contributed by atoms with van der Waals surface area (Å²) in [6.07, 6.45) is -4.61. The lowest BCUT2D eigenvalue weighted by atomic mass is 10.1. The maximum absolute atomic E-state index is 13.2. The average molecular weight is 370 g/mol. The molecular formula is C21H17F3N2O. The average Bonchev–Trinajstić information content (AvgIpc) is 2.68. The van der Waals surface area contributed by atoms with Crippen molar-refractivity contribution in [3.05, 3.63) is 102 Å². The summed E-state index contributed by atoms with van der Waals surface area (Å²) in [4.78, 5) is 12.6. The second-order valence-electron chi connectivity index (χ2n) is 5.89. The molecule has 0 radical (unpaired) electrons. The van der Waals surface area contributed by atoms with Gasteiger partial charge in [-0.15, -0.1) is 0 Å². The molecule has 27 heavy (non-hydrogen) atoms. The summed E-state index contributed by atoms with van der Waals surface area (Å²) >= 11 is 0. The summed E-state index contributed by atoms with van der Waals surface area (Å²) in [5.41, 5.74) is 2.80. The SMILES string of the molecule is O=C(NN(Cc1ccccc1)c1ccccc1)c1ccccc1C(F)(F)F. The van der Waals surface area contributed by atoms with Gasteiger partial charge in [0.05, 0.1) is 23.4 Å². The zero-order chi connectivity index (χ0) is 19.3. The third-order valence-electron chi connectivity index (χ3n) is 3.96. The number of carbonyl (C=O) groups is 1. The molecule has 0 atom stereocenters. The van der Waals surface area contributed by atoms with Crippen molar-refractivity contribution < 1.29 is 18.0 Å². The first-order valence-electron chi connectivity index (χ1n) is 8.29. The number of carbonyl (C=O) groups excluding carboxylic acids is 1. The van der Waals surface area contributed by atoms with Gasteiger partial charge in [0.25, 0.3) is 5.91 Å². The van der Waals surface area contributed by atoms with E-state index in [0.29, 0.717) is 12.2 Å². The number of nitrogens with zero attached hydrogens (tertiary/aromatic N) is 1. The van der Waals surface area contributed by atoms with E-state index in [4.69, 9.17) is 0 Å². The van der Waals surface area contributed by atoms with Crippen LogP contribution >= 0.6 is 0 Å². The Bertz CT molecular complexity index is 896. The van der Waals surface area contributed by atoms with Crippen molar-refractivity contribution in [1.29, 1.82) is 0 Å². The van der Waals surface area contributed by atoms with Crippen molar-refractivity contribution in [2.24, 2.45) is 0 Å². The second kappa shape index (κ2) is 7.95. The number of halogens is 3. The van der Waals surface area contributed by atoms with E-state index in [1.165, 1.54) is 23.2 Å². The van der Waals surface area contributed by atoms with Crippen LogP contribution in [-0.4, -0.2) is 5.91 Å². The summed E-state index contributed by atoms with van der Waals surface area (Å²) in [5.74, 6) is -0.817. The molecule has 0 bridgehead atoms. The number of benzene rings is 3. The Kier molecular flexibility index (Phi) is 5.45. The third kappa shape index (κ3) is 4.67. The highest BCUT2D eigenvalue weighted by atomic mass is 19.4. The summed E-state index contributed by atoms with van der Waals surface area (Å²) < 4.78 is 39.7. The van der Waals surface area contributed by atoms with Gasteiger partial charge in [-0.3, -0.25) is 15.2 Å². The van der Waals surface area contributed by atoms with E-state index < -0.39 is 23.2 Å². The zero-order valence-electron chi connectivity index (χ0n) is 14.3. The topological polar surface area (TPSA) is 32.3 Å². The molecule has 138 valence electrons. The van der Waals surface area contributed by atoms with Crippen LogP contribution in [0.2, 0.25) is 0 Å². The molecule has 3 nitrogen and oxygen atoms in total. The Labute approximate surface area is 155 Å². The third-order valence-corrected chi connectivity index (χ3v) is 3.96. The monoisotopic (exact) mass is 370 g/mol.